The van der Waals surface area contributed by atoms with Gasteiger partial charge >= 0.3 is 0 Å². The molecule has 3 heteroatoms. The molecule has 0 spiro atoms. The van der Waals surface area contributed by atoms with Gasteiger partial charge in [-0.3, -0.25) is 5.10 Å². The summed E-state index contributed by atoms with van der Waals surface area (Å²) in [6.07, 6.45) is 1.78. The molecule has 2 aromatic rings. The van der Waals surface area contributed by atoms with E-state index in [2.05, 4.69) is 48.4 Å². The molecule has 0 amide bonds. The van der Waals surface area contributed by atoms with Crippen LogP contribution in [0.5, 0.6) is 0 Å². The zero-order valence-corrected chi connectivity index (χ0v) is 10.7. The molecule has 0 saturated heterocycles. The molecular weight excluding hydrogens is 210 g/mol. The van der Waals surface area contributed by atoms with E-state index in [1.165, 1.54) is 22.3 Å². The van der Waals surface area contributed by atoms with Gasteiger partial charge in [0, 0.05) is 25.0 Å². The lowest BCUT2D eigenvalue weighted by Gasteiger charge is -2.11. The first-order chi connectivity index (χ1) is 8.16. The maximum atomic E-state index is 3.93. The summed E-state index contributed by atoms with van der Waals surface area (Å²) in [5.41, 5.74) is 6.57. The van der Waals surface area contributed by atoms with Crippen LogP contribution < -0.4 is 5.32 Å². The third-order valence-electron chi connectivity index (χ3n) is 3.02. The van der Waals surface area contributed by atoms with E-state index in [0.29, 0.717) is 0 Å². The Morgan fingerprint density at radius 3 is 2.41 bits per heavy atom. The number of aryl methyl sites for hydroxylation is 3. The van der Waals surface area contributed by atoms with Crippen molar-refractivity contribution in [2.75, 3.05) is 0 Å². The standard InChI is InChI=1S/C14H19N3/c1-10-6-11(2)14(12(3)7-10)9-15-8-13-4-5-16-17-13/h4-7,15H,8-9H2,1-3H3,(H,16,17). The minimum atomic E-state index is 0.826. The monoisotopic (exact) mass is 229 g/mol. The first-order valence-electron chi connectivity index (χ1n) is 5.92. The van der Waals surface area contributed by atoms with Crippen LogP contribution in [0.15, 0.2) is 24.4 Å². The summed E-state index contributed by atoms with van der Waals surface area (Å²) in [5, 5.41) is 10.3. The smallest absolute Gasteiger partial charge is 0.0490 e. The Kier molecular flexibility index (Phi) is 3.59. The zero-order valence-electron chi connectivity index (χ0n) is 10.7. The molecule has 0 saturated carbocycles. The molecule has 2 rings (SSSR count). The Morgan fingerprint density at radius 2 is 1.82 bits per heavy atom. The average Bonchev–Trinajstić information content (AvgIpc) is 2.74. The summed E-state index contributed by atoms with van der Waals surface area (Å²) in [6, 6.07) is 6.46. The van der Waals surface area contributed by atoms with Crippen LogP contribution in [0.4, 0.5) is 0 Å². The van der Waals surface area contributed by atoms with Crippen LogP contribution in [-0.4, -0.2) is 10.2 Å². The highest BCUT2D eigenvalue weighted by molar-refractivity contribution is 5.37. The van der Waals surface area contributed by atoms with E-state index in [1.807, 2.05) is 6.07 Å². The van der Waals surface area contributed by atoms with Gasteiger partial charge in [0.15, 0.2) is 0 Å². The minimum Gasteiger partial charge on any atom is -0.307 e. The fourth-order valence-corrected chi connectivity index (χ4v) is 2.19. The predicted octanol–water partition coefficient (Wildman–Crippen LogP) is 2.62. The van der Waals surface area contributed by atoms with Gasteiger partial charge in [-0.1, -0.05) is 17.7 Å². The molecule has 0 aliphatic carbocycles. The Hall–Kier alpha value is -1.61. The van der Waals surface area contributed by atoms with Crippen LogP contribution in [0.1, 0.15) is 27.9 Å². The molecule has 2 N–H and O–H groups in total. The fourth-order valence-electron chi connectivity index (χ4n) is 2.19. The van der Waals surface area contributed by atoms with Crippen LogP contribution in [0.3, 0.4) is 0 Å². The number of H-pyrrole nitrogens is 1. The van der Waals surface area contributed by atoms with E-state index in [4.69, 9.17) is 0 Å². The zero-order chi connectivity index (χ0) is 12.3. The maximum Gasteiger partial charge on any atom is 0.0490 e. The molecule has 3 nitrogen and oxygen atoms in total. The van der Waals surface area contributed by atoms with Gasteiger partial charge in [-0.2, -0.15) is 5.10 Å². The third kappa shape index (κ3) is 2.94. The molecule has 0 bridgehead atoms. The molecule has 17 heavy (non-hydrogen) atoms. The summed E-state index contributed by atoms with van der Waals surface area (Å²) in [7, 11) is 0. The predicted molar refractivity (Wildman–Crippen MR) is 69.8 cm³/mol. The topological polar surface area (TPSA) is 40.7 Å². The summed E-state index contributed by atoms with van der Waals surface area (Å²) < 4.78 is 0. The Balaban J connectivity index is 1.99. The van der Waals surface area contributed by atoms with Crippen molar-refractivity contribution in [1.82, 2.24) is 15.5 Å². The molecule has 0 aliphatic rings. The van der Waals surface area contributed by atoms with Gasteiger partial charge < -0.3 is 5.32 Å². The molecular formula is C14H19N3. The molecule has 0 unspecified atom stereocenters. The maximum absolute atomic E-state index is 3.93. The first-order valence-corrected chi connectivity index (χ1v) is 5.92. The SMILES string of the molecule is Cc1cc(C)c(CNCc2ccn[nH]2)c(C)c1. The van der Waals surface area contributed by atoms with Gasteiger partial charge in [-0.15, -0.1) is 0 Å². The number of hydrogen-bond donors (Lipinski definition) is 2. The summed E-state index contributed by atoms with van der Waals surface area (Å²) in [6.45, 7) is 8.21. The van der Waals surface area contributed by atoms with Gasteiger partial charge in [-0.05, 0) is 43.5 Å². The van der Waals surface area contributed by atoms with Crippen molar-refractivity contribution in [3.05, 3.63) is 52.3 Å². The molecule has 0 radical (unpaired) electrons. The van der Waals surface area contributed by atoms with Crippen molar-refractivity contribution in [2.24, 2.45) is 0 Å². The number of aromatic nitrogens is 2. The second kappa shape index (κ2) is 5.15. The quantitative estimate of drug-likeness (QED) is 0.846. The molecule has 0 fully saturated rings. The van der Waals surface area contributed by atoms with Crippen LogP contribution in [0, 0.1) is 20.8 Å². The number of aromatic amines is 1. The van der Waals surface area contributed by atoms with Gasteiger partial charge in [0.1, 0.15) is 0 Å². The minimum absolute atomic E-state index is 0.826. The largest absolute Gasteiger partial charge is 0.307 e. The number of rotatable bonds is 4. The average molecular weight is 229 g/mol. The number of nitrogens with zero attached hydrogens (tertiary/aromatic N) is 1. The van der Waals surface area contributed by atoms with Crippen molar-refractivity contribution < 1.29 is 0 Å². The van der Waals surface area contributed by atoms with Gasteiger partial charge in [0.05, 0.1) is 0 Å². The molecule has 0 aliphatic heterocycles. The number of hydrogen-bond acceptors (Lipinski definition) is 2. The lowest BCUT2D eigenvalue weighted by Crippen LogP contribution is -2.15. The highest BCUT2D eigenvalue weighted by Gasteiger charge is 2.03. The summed E-state index contributed by atoms with van der Waals surface area (Å²) in [5.74, 6) is 0. The number of benzene rings is 1. The fraction of sp³-hybridized carbons (Fsp3) is 0.357. The van der Waals surface area contributed by atoms with Crippen molar-refractivity contribution >= 4 is 0 Å². The lowest BCUT2D eigenvalue weighted by atomic mass is 10.00. The molecule has 1 heterocycles. The van der Waals surface area contributed by atoms with E-state index >= 15 is 0 Å². The van der Waals surface area contributed by atoms with E-state index in [1.54, 1.807) is 6.20 Å². The van der Waals surface area contributed by atoms with Crippen molar-refractivity contribution in [1.29, 1.82) is 0 Å². The second-order valence-electron chi connectivity index (χ2n) is 4.56. The highest BCUT2D eigenvalue weighted by atomic mass is 15.1. The van der Waals surface area contributed by atoms with E-state index < -0.39 is 0 Å². The normalized spacial score (nSPS) is 10.8. The van der Waals surface area contributed by atoms with Gasteiger partial charge in [0.2, 0.25) is 0 Å². The Labute approximate surface area is 102 Å². The van der Waals surface area contributed by atoms with Crippen LogP contribution in [-0.2, 0) is 13.1 Å². The summed E-state index contributed by atoms with van der Waals surface area (Å²) >= 11 is 0. The van der Waals surface area contributed by atoms with E-state index in [9.17, 15) is 0 Å². The van der Waals surface area contributed by atoms with Crippen LogP contribution in [0.2, 0.25) is 0 Å². The van der Waals surface area contributed by atoms with E-state index in [0.717, 1.165) is 18.8 Å². The third-order valence-corrected chi connectivity index (χ3v) is 3.02. The Bertz CT molecular complexity index is 463. The molecule has 90 valence electrons. The van der Waals surface area contributed by atoms with Crippen molar-refractivity contribution in [3.8, 4) is 0 Å². The second-order valence-corrected chi connectivity index (χ2v) is 4.56. The highest BCUT2D eigenvalue weighted by Crippen LogP contribution is 2.16. The molecule has 0 atom stereocenters. The molecule has 1 aromatic carbocycles. The molecule has 1 aromatic heterocycles. The number of nitrogens with one attached hydrogen (secondary N) is 2. The summed E-state index contributed by atoms with van der Waals surface area (Å²) in [4.78, 5) is 0. The van der Waals surface area contributed by atoms with Gasteiger partial charge in [0.25, 0.3) is 0 Å². The Morgan fingerprint density at radius 1 is 1.12 bits per heavy atom. The first kappa shape index (κ1) is 11.9. The van der Waals surface area contributed by atoms with Gasteiger partial charge in [-0.25, -0.2) is 0 Å². The van der Waals surface area contributed by atoms with Crippen LogP contribution >= 0.6 is 0 Å². The lowest BCUT2D eigenvalue weighted by molar-refractivity contribution is 0.672. The van der Waals surface area contributed by atoms with Crippen molar-refractivity contribution in [2.45, 2.75) is 33.9 Å². The van der Waals surface area contributed by atoms with Crippen molar-refractivity contribution in [3.63, 3.8) is 0 Å². The van der Waals surface area contributed by atoms with E-state index in [-0.39, 0.29) is 0 Å². The van der Waals surface area contributed by atoms with Crippen LogP contribution in [0.25, 0.3) is 0 Å².